The molecule has 3 unspecified atom stereocenters. The fourth-order valence-corrected chi connectivity index (χ4v) is 13.0. The van der Waals surface area contributed by atoms with Gasteiger partial charge >= 0.3 is 39.5 Å². The average Bonchev–Trinajstić information content (AvgIpc) is 1.29. The second-order valence-corrected chi connectivity index (χ2v) is 31.0. The molecule has 0 amide bonds. The summed E-state index contributed by atoms with van der Waals surface area (Å²) in [4.78, 5) is 72.9. The number of carbonyl (C=O) groups excluding carboxylic acids is 4. The van der Waals surface area contributed by atoms with Gasteiger partial charge in [-0.2, -0.15) is 0 Å². The molecule has 3 N–H and O–H groups in total. The molecule has 0 aromatic carbocycles. The molecule has 0 fully saturated rings. The van der Waals surface area contributed by atoms with E-state index in [9.17, 15) is 43.2 Å². The topological polar surface area (TPSA) is 237 Å². The summed E-state index contributed by atoms with van der Waals surface area (Å²) >= 11 is 0. The van der Waals surface area contributed by atoms with E-state index >= 15 is 0 Å². The summed E-state index contributed by atoms with van der Waals surface area (Å²) < 4.78 is 68.6. The van der Waals surface area contributed by atoms with E-state index in [1.54, 1.807) is 0 Å². The van der Waals surface area contributed by atoms with Gasteiger partial charge in [0, 0.05) is 25.7 Å². The zero-order valence-electron chi connectivity index (χ0n) is 62.9. The van der Waals surface area contributed by atoms with Crippen molar-refractivity contribution in [2.24, 2.45) is 11.8 Å². The number of esters is 4. The molecular weight excluding hydrogens is 1270 g/mol. The molecule has 17 nitrogen and oxygen atoms in total. The van der Waals surface area contributed by atoms with Crippen LogP contribution in [0.3, 0.4) is 0 Å². The third-order valence-electron chi connectivity index (χ3n) is 17.9. The van der Waals surface area contributed by atoms with Crippen LogP contribution >= 0.6 is 15.6 Å². The van der Waals surface area contributed by atoms with Crippen LogP contribution in [0.25, 0.3) is 0 Å². The predicted molar refractivity (Wildman–Crippen MR) is 395 cm³/mol. The van der Waals surface area contributed by atoms with Gasteiger partial charge in [-0.25, -0.2) is 9.13 Å². The van der Waals surface area contributed by atoms with E-state index in [4.69, 9.17) is 37.0 Å². The number of phosphoric acid groups is 2. The summed E-state index contributed by atoms with van der Waals surface area (Å²) in [6, 6.07) is 0. The summed E-state index contributed by atoms with van der Waals surface area (Å²) in [6.07, 6.45) is 60.3. The second kappa shape index (κ2) is 69.3. The predicted octanol–water partition coefficient (Wildman–Crippen LogP) is 22.7. The monoisotopic (exact) mass is 1420 g/mol. The summed E-state index contributed by atoms with van der Waals surface area (Å²) in [6.45, 7) is 9.57. The molecule has 19 heteroatoms. The Morgan fingerprint density at radius 1 is 0.340 bits per heavy atom. The zero-order chi connectivity index (χ0) is 71.4. The molecule has 0 saturated heterocycles. The minimum Gasteiger partial charge on any atom is -0.462 e. The summed E-state index contributed by atoms with van der Waals surface area (Å²) in [5.74, 6) is -0.575. The van der Waals surface area contributed by atoms with Crippen LogP contribution in [-0.4, -0.2) is 96.7 Å². The van der Waals surface area contributed by atoms with Crippen molar-refractivity contribution in [1.82, 2.24) is 0 Å². The average molecular weight is 1420 g/mol. The van der Waals surface area contributed by atoms with Crippen LogP contribution in [0, 0.1) is 11.8 Å². The van der Waals surface area contributed by atoms with E-state index in [0.717, 1.165) is 121 Å². The molecule has 6 atom stereocenters. The Morgan fingerprint density at radius 3 is 0.928 bits per heavy atom. The van der Waals surface area contributed by atoms with Crippen molar-refractivity contribution in [2.45, 2.75) is 400 Å². The van der Waals surface area contributed by atoms with Gasteiger partial charge in [0.15, 0.2) is 12.2 Å². The molecule has 0 saturated carbocycles. The maximum absolute atomic E-state index is 13.1. The SMILES string of the molecule is CCCCCC/C=C\C=C/CCCCCCCC(=O)OC[C@H](COP(=O)(O)OC[C@@H](O)COP(=O)(O)OC[C@@H](COC(=O)CCCCCCCCCCCCCC)OC(=O)CCCCCCCCCCC(C)CC)OC(=O)CCCCCCCCCCCCCCCCCC(C)C. The standard InChI is InChI=1S/C78H148O17P2/c1-7-10-12-14-16-18-20-22-24-28-32-36-43-49-55-61-76(81)88-66-73(94-77(82)62-56-50-44-37-33-29-26-23-25-27-30-34-40-46-52-58-70(4)5)68-92-96(84,85)90-64-72(79)65-91-97(86,87)93-69-74(95-78(83)63-57-51-45-39-38-41-47-53-59-71(6)9-3)67-89-75(80)60-54-48-42-35-31-21-19-17-15-13-11-8-2/h18,20,22,24,70-74,79H,7-17,19,21,23,25-69H2,1-6H3,(H,84,85)(H,86,87)/b20-18-,24-22-/t71?,72-,73-,74-/m1/s1. The number of allylic oxidation sites excluding steroid dienone is 4. The molecular formula is C78H148O17P2. The maximum Gasteiger partial charge on any atom is 0.472 e. The number of ether oxygens (including phenoxy) is 4. The fraction of sp³-hybridized carbons (Fsp3) is 0.897. The first-order valence-electron chi connectivity index (χ1n) is 39.8. The van der Waals surface area contributed by atoms with Gasteiger partial charge in [-0.3, -0.25) is 37.3 Å². The van der Waals surface area contributed by atoms with Crippen molar-refractivity contribution in [3.63, 3.8) is 0 Å². The smallest absolute Gasteiger partial charge is 0.462 e. The number of aliphatic hydroxyl groups excluding tert-OH is 1. The van der Waals surface area contributed by atoms with E-state index in [1.165, 1.54) is 180 Å². The Morgan fingerprint density at radius 2 is 0.608 bits per heavy atom. The van der Waals surface area contributed by atoms with E-state index in [1.807, 2.05) is 0 Å². The number of hydrogen-bond donors (Lipinski definition) is 3. The van der Waals surface area contributed by atoms with Gasteiger partial charge in [0.2, 0.25) is 0 Å². The number of carbonyl (C=O) groups is 4. The lowest BCUT2D eigenvalue weighted by atomic mass is 9.99. The lowest BCUT2D eigenvalue weighted by Crippen LogP contribution is -2.30. The van der Waals surface area contributed by atoms with Crippen molar-refractivity contribution in [3.8, 4) is 0 Å². The molecule has 0 spiro atoms. The molecule has 0 aliphatic heterocycles. The molecule has 0 aromatic heterocycles. The van der Waals surface area contributed by atoms with Crippen molar-refractivity contribution in [2.75, 3.05) is 39.6 Å². The van der Waals surface area contributed by atoms with Gasteiger partial charge in [0.05, 0.1) is 26.4 Å². The van der Waals surface area contributed by atoms with Crippen molar-refractivity contribution >= 4 is 39.5 Å². The normalized spacial score (nSPS) is 14.4. The molecule has 0 rings (SSSR count). The van der Waals surface area contributed by atoms with E-state index < -0.39 is 97.5 Å². The van der Waals surface area contributed by atoms with Crippen LogP contribution in [0.2, 0.25) is 0 Å². The molecule has 0 heterocycles. The van der Waals surface area contributed by atoms with Gasteiger partial charge in [0.25, 0.3) is 0 Å². The largest absolute Gasteiger partial charge is 0.472 e. The Hall–Kier alpha value is -2.46. The quantitative estimate of drug-likeness (QED) is 0.0169. The van der Waals surface area contributed by atoms with E-state index in [0.29, 0.717) is 25.7 Å². The maximum atomic E-state index is 13.1. The Labute approximate surface area is 592 Å². The number of aliphatic hydroxyl groups is 1. The van der Waals surface area contributed by atoms with Gasteiger partial charge in [0.1, 0.15) is 19.3 Å². The number of unbranched alkanes of at least 4 members (excludes halogenated alkanes) is 41. The molecule has 0 bridgehead atoms. The van der Waals surface area contributed by atoms with Crippen LogP contribution < -0.4 is 0 Å². The van der Waals surface area contributed by atoms with Crippen molar-refractivity contribution < 1.29 is 80.2 Å². The third-order valence-corrected chi connectivity index (χ3v) is 19.8. The highest BCUT2D eigenvalue weighted by molar-refractivity contribution is 7.47. The number of phosphoric ester groups is 2. The third kappa shape index (κ3) is 70.4. The minimum absolute atomic E-state index is 0.101. The Kier molecular flexibility index (Phi) is 67.5. The van der Waals surface area contributed by atoms with E-state index in [2.05, 4.69) is 65.8 Å². The van der Waals surface area contributed by atoms with Crippen LogP contribution in [-0.2, 0) is 65.4 Å². The first kappa shape index (κ1) is 94.5. The Bertz CT molecular complexity index is 1970. The lowest BCUT2D eigenvalue weighted by Gasteiger charge is -2.21. The molecule has 572 valence electrons. The van der Waals surface area contributed by atoms with Crippen molar-refractivity contribution in [3.05, 3.63) is 24.3 Å². The van der Waals surface area contributed by atoms with Crippen LogP contribution in [0.5, 0.6) is 0 Å². The van der Waals surface area contributed by atoms with Gasteiger partial charge in [-0.15, -0.1) is 0 Å². The summed E-state index contributed by atoms with van der Waals surface area (Å²) in [5.41, 5.74) is 0. The molecule has 97 heavy (non-hydrogen) atoms. The molecule has 0 aliphatic rings. The number of rotatable bonds is 75. The zero-order valence-corrected chi connectivity index (χ0v) is 64.7. The highest BCUT2D eigenvalue weighted by atomic mass is 31.2. The number of hydrogen-bond acceptors (Lipinski definition) is 15. The fourth-order valence-electron chi connectivity index (χ4n) is 11.4. The van der Waals surface area contributed by atoms with Gasteiger partial charge in [-0.1, -0.05) is 329 Å². The Balaban J connectivity index is 5.29. The van der Waals surface area contributed by atoms with Gasteiger partial charge in [-0.05, 0) is 63.2 Å². The lowest BCUT2D eigenvalue weighted by molar-refractivity contribution is -0.161. The molecule has 0 radical (unpaired) electrons. The van der Waals surface area contributed by atoms with E-state index in [-0.39, 0.29) is 25.7 Å². The highest BCUT2D eigenvalue weighted by Gasteiger charge is 2.30. The first-order chi connectivity index (χ1) is 46.9. The van der Waals surface area contributed by atoms with Crippen LogP contribution in [0.4, 0.5) is 0 Å². The van der Waals surface area contributed by atoms with Crippen LogP contribution in [0.15, 0.2) is 24.3 Å². The molecule has 0 aliphatic carbocycles. The second-order valence-electron chi connectivity index (χ2n) is 28.1. The van der Waals surface area contributed by atoms with Crippen molar-refractivity contribution in [1.29, 1.82) is 0 Å². The molecule has 0 aromatic rings. The minimum atomic E-state index is -4.97. The summed E-state index contributed by atoms with van der Waals surface area (Å²) in [5, 5.41) is 10.6. The van der Waals surface area contributed by atoms with Crippen LogP contribution in [0.1, 0.15) is 382 Å². The first-order valence-corrected chi connectivity index (χ1v) is 42.8. The highest BCUT2D eigenvalue weighted by Crippen LogP contribution is 2.45. The summed E-state index contributed by atoms with van der Waals surface area (Å²) in [7, 11) is -9.93. The van der Waals surface area contributed by atoms with Gasteiger partial charge < -0.3 is 33.8 Å².